The van der Waals surface area contributed by atoms with Gasteiger partial charge in [0, 0.05) is 32.7 Å². The van der Waals surface area contributed by atoms with E-state index in [2.05, 4.69) is 30.6 Å². The highest BCUT2D eigenvalue weighted by molar-refractivity contribution is 5.43. The average Bonchev–Trinajstić information content (AvgIpc) is 2.90. The molecule has 3 heterocycles. The van der Waals surface area contributed by atoms with E-state index in [1.54, 1.807) is 0 Å². The first-order chi connectivity index (χ1) is 10.2. The highest BCUT2D eigenvalue weighted by atomic mass is 15.4. The van der Waals surface area contributed by atoms with Gasteiger partial charge in [0.25, 0.3) is 0 Å². The number of nitrogens with two attached hydrogens (primary N) is 1. The summed E-state index contributed by atoms with van der Waals surface area (Å²) in [4.78, 5) is 17.4. The molecule has 2 saturated heterocycles. The van der Waals surface area contributed by atoms with Gasteiger partial charge in [-0.25, -0.2) is 5.84 Å². The molecule has 0 bridgehead atoms. The number of nitrogens with zero attached hydrogens (tertiary/aromatic N) is 5. The monoisotopic (exact) mass is 292 g/mol. The number of anilines is 3. The molecular weight excluding hydrogens is 268 g/mol. The Labute approximate surface area is 125 Å². The van der Waals surface area contributed by atoms with Crippen molar-refractivity contribution in [3.63, 3.8) is 0 Å². The number of piperidine rings is 1. The van der Waals surface area contributed by atoms with E-state index in [1.807, 2.05) is 19.0 Å². The number of hydrogen-bond acceptors (Lipinski definition) is 8. The minimum atomic E-state index is 0.384. The van der Waals surface area contributed by atoms with Crippen LogP contribution in [-0.4, -0.2) is 59.1 Å². The Kier molecular flexibility index (Phi) is 4.07. The van der Waals surface area contributed by atoms with E-state index in [0.717, 1.165) is 13.0 Å². The topological polar surface area (TPSA) is 95.2 Å². The van der Waals surface area contributed by atoms with Crippen molar-refractivity contribution in [2.45, 2.75) is 37.8 Å². The molecule has 1 aromatic rings. The van der Waals surface area contributed by atoms with Crippen LogP contribution in [0.15, 0.2) is 0 Å². The fourth-order valence-electron chi connectivity index (χ4n) is 3.28. The number of hydrazine groups is 1. The van der Waals surface area contributed by atoms with E-state index in [0.29, 0.717) is 29.9 Å². The van der Waals surface area contributed by atoms with Crippen LogP contribution in [0.25, 0.3) is 0 Å². The number of nitrogen functional groups attached to an aromatic ring is 1. The molecule has 2 unspecified atom stereocenters. The number of hydrogen-bond donors (Lipinski definition) is 3. The molecule has 2 atom stereocenters. The van der Waals surface area contributed by atoms with Crippen LogP contribution in [0, 0.1) is 0 Å². The van der Waals surface area contributed by atoms with Gasteiger partial charge in [-0.2, -0.15) is 15.0 Å². The van der Waals surface area contributed by atoms with E-state index in [9.17, 15) is 0 Å². The minimum absolute atomic E-state index is 0.384. The molecule has 0 spiro atoms. The van der Waals surface area contributed by atoms with Gasteiger partial charge in [-0.1, -0.05) is 6.42 Å². The predicted molar refractivity (Wildman–Crippen MR) is 83.2 cm³/mol. The molecule has 4 N–H and O–H groups in total. The second-order valence-electron chi connectivity index (χ2n) is 5.96. The molecule has 3 rings (SSSR count). The van der Waals surface area contributed by atoms with Crippen molar-refractivity contribution >= 4 is 17.8 Å². The smallest absolute Gasteiger partial charge is 0.243 e. The van der Waals surface area contributed by atoms with Crippen LogP contribution < -0.4 is 21.5 Å². The van der Waals surface area contributed by atoms with Crippen molar-refractivity contribution in [2.24, 2.45) is 5.84 Å². The van der Waals surface area contributed by atoms with Gasteiger partial charge in [-0.05, 0) is 25.8 Å². The Bertz CT molecular complexity index is 491. The molecule has 0 aromatic carbocycles. The molecule has 2 aliphatic rings. The summed E-state index contributed by atoms with van der Waals surface area (Å²) in [6.07, 6.45) is 5.03. The van der Waals surface area contributed by atoms with Gasteiger partial charge in [0.2, 0.25) is 17.8 Å². The standard InChI is InChI=1S/C13H24N8/c1-20(2)13-17-11(16-12(18-13)19-14)15-9-6-8-21-7-4-3-5-10(9)21/h9-10H,3-8,14H2,1-2H3,(H2,15,16,17,18,19). The minimum Gasteiger partial charge on any atom is -0.350 e. The van der Waals surface area contributed by atoms with Crippen molar-refractivity contribution in [1.29, 1.82) is 0 Å². The van der Waals surface area contributed by atoms with E-state index >= 15 is 0 Å². The van der Waals surface area contributed by atoms with Gasteiger partial charge >= 0.3 is 0 Å². The predicted octanol–water partition coefficient (Wildman–Crippen LogP) is 0.262. The maximum Gasteiger partial charge on any atom is 0.243 e. The molecule has 1 aromatic heterocycles. The summed E-state index contributed by atoms with van der Waals surface area (Å²) >= 11 is 0. The SMILES string of the molecule is CN(C)c1nc(NN)nc(NC2CCN3CCCCC23)n1. The van der Waals surface area contributed by atoms with Crippen molar-refractivity contribution < 1.29 is 0 Å². The molecule has 2 aliphatic heterocycles. The van der Waals surface area contributed by atoms with Crippen LogP contribution >= 0.6 is 0 Å². The lowest BCUT2D eigenvalue weighted by molar-refractivity contribution is 0.192. The van der Waals surface area contributed by atoms with Crippen molar-refractivity contribution in [3.8, 4) is 0 Å². The molecule has 0 saturated carbocycles. The lowest BCUT2D eigenvalue weighted by atomic mass is 9.99. The van der Waals surface area contributed by atoms with Gasteiger partial charge in [0.15, 0.2) is 0 Å². The Balaban J connectivity index is 1.76. The van der Waals surface area contributed by atoms with Crippen LogP contribution in [0.5, 0.6) is 0 Å². The molecule has 8 nitrogen and oxygen atoms in total. The van der Waals surface area contributed by atoms with E-state index < -0.39 is 0 Å². The maximum atomic E-state index is 5.44. The molecule has 8 heteroatoms. The molecule has 21 heavy (non-hydrogen) atoms. The summed E-state index contributed by atoms with van der Waals surface area (Å²) < 4.78 is 0. The average molecular weight is 292 g/mol. The first-order valence-electron chi connectivity index (χ1n) is 7.58. The fourth-order valence-corrected chi connectivity index (χ4v) is 3.28. The summed E-state index contributed by atoms with van der Waals surface area (Å²) in [6.45, 7) is 2.38. The number of nitrogens with one attached hydrogen (secondary N) is 2. The Morgan fingerprint density at radius 3 is 2.67 bits per heavy atom. The first-order valence-corrected chi connectivity index (χ1v) is 7.58. The lowest BCUT2D eigenvalue weighted by Gasteiger charge is -2.32. The van der Waals surface area contributed by atoms with Gasteiger partial charge in [-0.15, -0.1) is 0 Å². The molecule has 116 valence electrons. The summed E-state index contributed by atoms with van der Waals surface area (Å²) in [7, 11) is 3.80. The largest absolute Gasteiger partial charge is 0.350 e. The quantitative estimate of drug-likeness (QED) is 0.537. The zero-order valence-corrected chi connectivity index (χ0v) is 12.7. The van der Waals surface area contributed by atoms with Crippen LogP contribution in [-0.2, 0) is 0 Å². The highest BCUT2D eigenvalue weighted by Gasteiger charge is 2.35. The van der Waals surface area contributed by atoms with Gasteiger partial charge < -0.3 is 10.2 Å². The van der Waals surface area contributed by atoms with Crippen molar-refractivity contribution in [1.82, 2.24) is 19.9 Å². The second kappa shape index (κ2) is 5.98. The third-order valence-electron chi connectivity index (χ3n) is 4.32. The Morgan fingerprint density at radius 1 is 1.10 bits per heavy atom. The van der Waals surface area contributed by atoms with Crippen LogP contribution in [0.3, 0.4) is 0 Å². The van der Waals surface area contributed by atoms with Crippen LogP contribution in [0.1, 0.15) is 25.7 Å². The summed E-state index contributed by atoms with van der Waals surface area (Å²) in [6, 6.07) is 1.01. The molecule has 0 amide bonds. The van der Waals surface area contributed by atoms with Crippen molar-refractivity contribution in [3.05, 3.63) is 0 Å². The van der Waals surface area contributed by atoms with E-state index in [1.165, 1.54) is 25.8 Å². The fraction of sp³-hybridized carbons (Fsp3) is 0.769. The summed E-state index contributed by atoms with van der Waals surface area (Å²) in [5, 5.41) is 3.48. The normalized spacial score (nSPS) is 25.5. The number of fused-ring (bicyclic) bond motifs is 1. The third kappa shape index (κ3) is 3.01. The third-order valence-corrected chi connectivity index (χ3v) is 4.32. The lowest BCUT2D eigenvalue weighted by Crippen LogP contribution is -2.42. The number of aromatic nitrogens is 3. The van der Waals surface area contributed by atoms with E-state index in [-0.39, 0.29) is 0 Å². The van der Waals surface area contributed by atoms with Crippen molar-refractivity contribution in [2.75, 3.05) is 42.8 Å². The first kappa shape index (κ1) is 14.3. The summed E-state index contributed by atoms with van der Waals surface area (Å²) in [5.41, 5.74) is 2.50. The van der Waals surface area contributed by atoms with Gasteiger partial charge in [-0.3, -0.25) is 10.3 Å². The van der Waals surface area contributed by atoms with Gasteiger partial charge in [0.05, 0.1) is 0 Å². The molecule has 0 radical (unpaired) electrons. The molecule has 0 aliphatic carbocycles. The van der Waals surface area contributed by atoms with Crippen LogP contribution in [0.4, 0.5) is 17.8 Å². The summed E-state index contributed by atoms with van der Waals surface area (Å²) in [5.74, 6) is 7.02. The van der Waals surface area contributed by atoms with Gasteiger partial charge in [0.1, 0.15) is 0 Å². The van der Waals surface area contributed by atoms with Crippen LogP contribution in [0.2, 0.25) is 0 Å². The highest BCUT2D eigenvalue weighted by Crippen LogP contribution is 2.29. The Morgan fingerprint density at radius 2 is 1.90 bits per heavy atom. The van der Waals surface area contributed by atoms with E-state index in [4.69, 9.17) is 5.84 Å². The zero-order chi connectivity index (χ0) is 14.8. The second-order valence-corrected chi connectivity index (χ2v) is 5.96. The molecular formula is C13H24N8. The number of rotatable bonds is 4. The zero-order valence-electron chi connectivity index (χ0n) is 12.7. The molecule has 2 fully saturated rings. The Hall–Kier alpha value is -1.67. The maximum absolute atomic E-state index is 5.44.